The molecule has 0 saturated carbocycles. The van der Waals surface area contributed by atoms with Crippen LogP contribution in [0.3, 0.4) is 0 Å². The van der Waals surface area contributed by atoms with E-state index in [0.29, 0.717) is 42.3 Å². The van der Waals surface area contributed by atoms with Gasteiger partial charge in [-0.05, 0) is 18.1 Å². The molecule has 1 aromatic heterocycles. The number of H-pyrrole nitrogens is 1. The van der Waals surface area contributed by atoms with Gasteiger partial charge in [0.25, 0.3) is 11.5 Å². The standard InChI is InChI=1S/C19H21N5O3/c1-23(2)19-21-15-10-24(8-7-13(15)18(27)22-19)16(25)9-14-11-5-3-4-6-12(11)17(26)20-14/h3-6,14H,7-10H2,1-2H3,(H,20,26)(H,21,22,27). The van der Waals surface area contributed by atoms with Crippen LogP contribution in [0.15, 0.2) is 29.1 Å². The molecule has 1 aromatic carbocycles. The quantitative estimate of drug-likeness (QED) is 0.828. The van der Waals surface area contributed by atoms with E-state index in [9.17, 15) is 14.4 Å². The van der Waals surface area contributed by atoms with E-state index in [1.54, 1.807) is 30.0 Å². The van der Waals surface area contributed by atoms with E-state index in [1.165, 1.54) is 0 Å². The van der Waals surface area contributed by atoms with Gasteiger partial charge in [0.05, 0.1) is 24.7 Å². The van der Waals surface area contributed by atoms with E-state index < -0.39 is 0 Å². The molecule has 2 amide bonds. The number of aromatic amines is 1. The molecule has 8 heteroatoms. The molecule has 3 heterocycles. The number of carbonyl (C=O) groups excluding carboxylic acids is 2. The fourth-order valence-electron chi connectivity index (χ4n) is 3.64. The Morgan fingerprint density at radius 1 is 1.30 bits per heavy atom. The third-order valence-electron chi connectivity index (χ3n) is 5.10. The van der Waals surface area contributed by atoms with E-state index in [2.05, 4.69) is 15.3 Å². The largest absolute Gasteiger partial charge is 0.348 e. The number of carbonyl (C=O) groups is 2. The lowest BCUT2D eigenvalue weighted by atomic mass is 10.0. The van der Waals surface area contributed by atoms with Crippen LogP contribution in [0.1, 0.15) is 39.6 Å². The van der Waals surface area contributed by atoms with Crippen molar-refractivity contribution in [2.75, 3.05) is 25.5 Å². The molecule has 1 atom stereocenters. The van der Waals surface area contributed by atoms with Gasteiger partial charge in [0.2, 0.25) is 11.9 Å². The van der Waals surface area contributed by atoms with Gasteiger partial charge < -0.3 is 15.1 Å². The minimum Gasteiger partial charge on any atom is -0.348 e. The second kappa shape index (κ2) is 6.53. The van der Waals surface area contributed by atoms with E-state index in [0.717, 1.165) is 5.56 Å². The van der Waals surface area contributed by atoms with Crippen LogP contribution in [0.2, 0.25) is 0 Å². The first kappa shape index (κ1) is 17.3. The molecule has 0 aliphatic carbocycles. The molecule has 0 fully saturated rings. The molecule has 140 valence electrons. The SMILES string of the molecule is CN(C)c1nc2c(c(=O)[nH]1)CCN(C(=O)CC1NC(=O)c3ccccc31)C2. The average molecular weight is 367 g/mol. The number of amides is 2. The third kappa shape index (κ3) is 3.07. The van der Waals surface area contributed by atoms with Gasteiger partial charge in [0.15, 0.2) is 0 Å². The number of hydrogen-bond donors (Lipinski definition) is 2. The van der Waals surface area contributed by atoms with Crippen LogP contribution in [0.25, 0.3) is 0 Å². The summed E-state index contributed by atoms with van der Waals surface area (Å²) in [4.78, 5) is 47.8. The lowest BCUT2D eigenvalue weighted by Gasteiger charge is -2.29. The Morgan fingerprint density at radius 2 is 2.07 bits per heavy atom. The second-order valence-corrected chi connectivity index (χ2v) is 7.09. The minimum absolute atomic E-state index is 0.0591. The number of anilines is 1. The minimum atomic E-state index is -0.313. The first-order valence-corrected chi connectivity index (χ1v) is 8.91. The molecule has 2 aromatic rings. The summed E-state index contributed by atoms with van der Waals surface area (Å²) in [6.45, 7) is 0.779. The number of hydrogen-bond acceptors (Lipinski definition) is 5. The van der Waals surface area contributed by atoms with Gasteiger partial charge in [-0.15, -0.1) is 0 Å². The van der Waals surface area contributed by atoms with E-state index in [-0.39, 0.29) is 29.8 Å². The van der Waals surface area contributed by atoms with Crippen molar-refractivity contribution >= 4 is 17.8 Å². The molecule has 0 bridgehead atoms. The average Bonchev–Trinajstić information content (AvgIpc) is 2.97. The fraction of sp³-hybridized carbons (Fsp3) is 0.368. The van der Waals surface area contributed by atoms with Crippen LogP contribution in [0.4, 0.5) is 5.95 Å². The number of rotatable bonds is 3. The lowest BCUT2D eigenvalue weighted by molar-refractivity contribution is -0.132. The van der Waals surface area contributed by atoms with Crippen molar-refractivity contribution in [1.82, 2.24) is 20.2 Å². The van der Waals surface area contributed by atoms with Crippen LogP contribution >= 0.6 is 0 Å². The van der Waals surface area contributed by atoms with Crippen molar-refractivity contribution in [3.05, 3.63) is 57.0 Å². The van der Waals surface area contributed by atoms with Crippen molar-refractivity contribution in [3.63, 3.8) is 0 Å². The normalized spacial score (nSPS) is 17.9. The maximum absolute atomic E-state index is 12.8. The molecule has 1 unspecified atom stereocenters. The Labute approximate surface area is 156 Å². The molecule has 2 aliphatic heterocycles. The van der Waals surface area contributed by atoms with Crippen molar-refractivity contribution in [1.29, 1.82) is 0 Å². The topological polar surface area (TPSA) is 98.4 Å². The summed E-state index contributed by atoms with van der Waals surface area (Å²) >= 11 is 0. The molecular formula is C19H21N5O3. The predicted molar refractivity (Wildman–Crippen MR) is 99.6 cm³/mol. The first-order chi connectivity index (χ1) is 12.9. The molecule has 0 spiro atoms. The highest BCUT2D eigenvalue weighted by Gasteiger charge is 2.32. The zero-order valence-corrected chi connectivity index (χ0v) is 15.3. The summed E-state index contributed by atoms with van der Waals surface area (Å²) in [5.41, 5.74) is 2.62. The molecule has 0 radical (unpaired) electrons. The summed E-state index contributed by atoms with van der Waals surface area (Å²) in [7, 11) is 3.60. The number of aromatic nitrogens is 2. The third-order valence-corrected chi connectivity index (χ3v) is 5.10. The predicted octanol–water partition coefficient (Wildman–Crippen LogP) is 0.595. The van der Waals surface area contributed by atoms with Crippen molar-refractivity contribution in [3.8, 4) is 0 Å². The Hall–Kier alpha value is -3.16. The first-order valence-electron chi connectivity index (χ1n) is 8.91. The summed E-state index contributed by atoms with van der Waals surface area (Å²) in [6, 6.07) is 7.02. The smallest absolute Gasteiger partial charge is 0.255 e. The Balaban J connectivity index is 1.52. The Morgan fingerprint density at radius 3 is 2.85 bits per heavy atom. The van der Waals surface area contributed by atoms with Gasteiger partial charge in [-0.2, -0.15) is 0 Å². The highest BCUT2D eigenvalue weighted by molar-refractivity contribution is 5.99. The van der Waals surface area contributed by atoms with Crippen LogP contribution in [0, 0.1) is 0 Å². The van der Waals surface area contributed by atoms with Gasteiger partial charge in [0, 0.05) is 31.8 Å². The molecule has 2 N–H and O–H groups in total. The van der Waals surface area contributed by atoms with Gasteiger partial charge >= 0.3 is 0 Å². The van der Waals surface area contributed by atoms with Gasteiger partial charge in [-0.1, -0.05) is 18.2 Å². The van der Waals surface area contributed by atoms with Crippen LogP contribution in [0.5, 0.6) is 0 Å². The summed E-state index contributed by atoms with van der Waals surface area (Å²) in [5, 5.41) is 2.88. The molecule has 2 aliphatic rings. The van der Waals surface area contributed by atoms with E-state index in [4.69, 9.17) is 0 Å². The molecule has 8 nitrogen and oxygen atoms in total. The van der Waals surface area contributed by atoms with Gasteiger partial charge in [0.1, 0.15) is 0 Å². The van der Waals surface area contributed by atoms with Gasteiger partial charge in [-0.3, -0.25) is 19.4 Å². The van der Waals surface area contributed by atoms with Crippen LogP contribution in [-0.2, 0) is 17.8 Å². The monoisotopic (exact) mass is 367 g/mol. The highest BCUT2D eigenvalue weighted by atomic mass is 16.2. The summed E-state index contributed by atoms with van der Waals surface area (Å²) in [6.07, 6.45) is 0.673. The number of nitrogens with zero attached hydrogens (tertiary/aromatic N) is 3. The number of benzene rings is 1. The lowest BCUT2D eigenvalue weighted by Crippen LogP contribution is -2.40. The molecular weight excluding hydrogens is 346 g/mol. The van der Waals surface area contributed by atoms with Crippen LogP contribution in [-0.4, -0.2) is 47.3 Å². The summed E-state index contributed by atoms with van der Waals surface area (Å²) in [5.74, 6) is 0.275. The number of fused-ring (bicyclic) bond motifs is 2. The van der Waals surface area contributed by atoms with Gasteiger partial charge in [-0.25, -0.2) is 4.98 Å². The summed E-state index contributed by atoms with van der Waals surface area (Å²) < 4.78 is 0. The zero-order chi connectivity index (χ0) is 19.1. The number of nitrogens with one attached hydrogen (secondary N) is 2. The molecule has 0 saturated heterocycles. The molecule has 4 rings (SSSR count). The van der Waals surface area contributed by atoms with E-state index in [1.807, 2.05) is 18.2 Å². The highest BCUT2D eigenvalue weighted by Crippen LogP contribution is 2.28. The maximum atomic E-state index is 12.8. The second-order valence-electron chi connectivity index (χ2n) is 7.09. The van der Waals surface area contributed by atoms with Crippen molar-refractivity contribution < 1.29 is 9.59 Å². The maximum Gasteiger partial charge on any atom is 0.255 e. The van der Waals surface area contributed by atoms with Crippen molar-refractivity contribution in [2.24, 2.45) is 0 Å². The molecule has 27 heavy (non-hydrogen) atoms. The Bertz CT molecular complexity index is 982. The van der Waals surface area contributed by atoms with E-state index >= 15 is 0 Å². The van der Waals surface area contributed by atoms with Crippen LogP contribution < -0.4 is 15.8 Å². The van der Waals surface area contributed by atoms with Crippen molar-refractivity contribution in [2.45, 2.75) is 25.4 Å². The Kier molecular flexibility index (Phi) is 4.18. The fourth-order valence-corrected chi connectivity index (χ4v) is 3.64. The zero-order valence-electron chi connectivity index (χ0n) is 15.3.